The van der Waals surface area contributed by atoms with Gasteiger partial charge in [0, 0.05) is 6.21 Å². The number of hydrogen-bond donors (Lipinski definition) is 0. The third kappa shape index (κ3) is 3.92. The van der Waals surface area contributed by atoms with Gasteiger partial charge in [-0.3, -0.25) is 4.99 Å². The summed E-state index contributed by atoms with van der Waals surface area (Å²) in [6, 6.07) is 16.9. The Kier molecular flexibility index (Phi) is 4.84. The topological polar surface area (TPSA) is 38.7 Å². The van der Waals surface area contributed by atoms with E-state index in [1.807, 2.05) is 42.5 Å². The maximum Gasteiger partial charge on any atom is 0.337 e. The highest BCUT2D eigenvalue weighted by atomic mass is 16.5. The molecule has 3 heteroatoms. The Hall–Kier alpha value is -2.68. The Morgan fingerprint density at radius 2 is 1.75 bits per heavy atom. The summed E-state index contributed by atoms with van der Waals surface area (Å²) in [5.74, 6) is -0.343. The summed E-state index contributed by atoms with van der Waals surface area (Å²) in [5, 5.41) is 0. The van der Waals surface area contributed by atoms with Crippen molar-refractivity contribution in [3.8, 4) is 0 Å². The van der Waals surface area contributed by atoms with Crippen molar-refractivity contribution in [1.29, 1.82) is 0 Å². The summed E-state index contributed by atoms with van der Waals surface area (Å²) in [4.78, 5) is 15.6. The van der Waals surface area contributed by atoms with Crippen LogP contribution in [0.15, 0.2) is 65.7 Å². The average Bonchev–Trinajstić information content (AvgIpc) is 2.52. The number of carbonyl (C=O) groups is 1. The normalized spacial score (nSPS) is 11.1. The molecular formula is C17H15NO2. The number of hydrogen-bond acceptors (Lipinski definition) is 3. The van der Waals surface area contributed by atoms with Gasteiger partial charge >= 0.3 is 5.97 Å². The van der Waals surface area contributed by atoms with Crippen LogP contribution in [0.3, 0.4) is 0 Å². The second-order valence-electron chi connectivity index (χ2n) is 4.09. The summed E-state index contributed by atoms with van der Waals surface area (Å²) < 4.78 is 4.64. The van der Waals surface area contributed by atoms with Crippen LogP contribution >= 0.6 is 0 Å². The summed E-state index contributed by atoms with van der Waals surface area (Å²) in [7, 11) is 1.36. The van der Waals surface area contributed by atoms with Gasteiger partial charge in [-0.05, 0) is 35.9 Å². The Morgan fingerprint density at radius 3 is 2.40 bits per heavy atom. The molecule has 0 aliphatic carbocycles. The van der Waals surface area contributed by atoms with Crippen LogP contribution in [-0.2, 0) is 4.74 Å². The van der Waals surface area contributed by atoms with Crippen LogP contribution in [0.4, 0.5) is 5.69 Å². The molecule has 0 bridgehead atoms. The van der Waals surface area contributed by atoms with Gasteiger partial charge in [0.1, 0.15) is 0 Å². The summed E-state index contributed by atoms with van der Waals surface area (Å²) >= 11 is 0. The van der Waals surface area contributed by atoms with Crippen LogP contribution in [0.25, 0.3) is 6.08 Å². The highest BCUT2D eigenvalue weighted by Crippen LogP contribution is 2.13. The molecule has 0 saturated carbocycles. The smallest absolute Gasteiger partial charge is 0.337 e. The molecule has 0 fully saturated rings. The Morgan fingerprint density at radius 1 is 1.05 bits per heavy atom. The van der Waals surface area contributed by atoms with Crippen molar-refractivity contribution in [3.63, 3.8) is 0 Å². The predicted molar refractivity (Wildman–Crippen MR) is 81.4 cm³/mol. The van der Waals surface area contributed by atoms with E-state index in [0.29, 0.717) is 5.56 Å². The first-order chi connectivity index (χ1) is 9.79. The van der Waals surface area contributed by atoms with Crippen LogP contribution in [0.5, 0.6) is 0 Å². The van der Waals surface area contributed by atoms with Gasteiger partial charge in [-0.2, -0.15) is 0 Å². The number of methoxy groups -OCH3 is 1. The number of ether oxygens (including phenoxy) is 1. The van der Waals surface area contributed by atoms with E-state index in [1.54, 1.807) is 30.5 Å². The lowest BCUT2D eigenvalue weighted by Crippen LogP contribution is -1.99. The van der Waals surface area contributed by atoms with Crippen molar-refractivity contribution in [1.82, 2.24) is 0 Å². The SMILES string of the molecule is COC(=O)c1ccc(N=C/C=C/c2ccccc2)cc1. The number of nitrogens with zero attached hydrogens (tertiary/aromatic N) is 1. The molecule has 0 heterocycles. The molecule has 0 unspecified atom stereocenters. The van der Waals surface area contributed by atoms with Crippen molar-refractivity contribution >= 4 is 23.9 Å². The quantitative estimate of drug-likeness (QED) is 0.621. The first-order valence-electron chi connectivity index (χ1n) is 6.24. The van der Waals surface area contributed by atoms with E-state index in [1.165, 1.54) is 7.11 Å². The number of rotatable bonds is 4. The first kappa shape index (κ1) is 13.7. The number of benzene rings is 2. The molecule has 3 nitrogen and oxygen atoms in total. The van der Waals surface area contributed by atoms with Gasteiger partial charge in [-0.25, -0.2) is 4.79 Å². The van der Waals surface area contributed by atoms with Crippen LogP contribution in [0.1, 0.15) is 15.9 Å². The van der Waals surface area contributed by atoms with Gasteiger partial charge in [0.15, 0.2) is 0 Å². The third-order valence-electron chi connectivity index (χ3n) is 2.69. The minimum absolute atomic E-state index is 0.343. The minimum atomic E-state index is -0.343. The Bertz CT molecular complexity index is 613. The summed E-state index contributed by atoms with van der Waals surface area (Å²) in [6.45, 7) is 0. The van der Waals surface area contributed by atoms with E-state index in [2.05, 4.69) is 9.73 Å². The lowest BCUT2D eigenvalue weighted by atomic mass is 10.2. The zero-order chi connectivity index (χ0) is 14.2. The maximum absolute atomic E-state index is 11.3. The fourth-order valence-corrected chi connectivity index (χ4v) is 1.65. The molecule has 0 radical (unpaired) electrons. The molecular weight excluding hydrogens is 250 g/mol. The molecule has 0 aliphatic heterocycles. The largest absolute Gasteiger partial charge is 0.465 e. The minimum Gasteiger partial charge on any atom is -0.465 e. The zero-order valence-corrected chi connectivity index (χ0v) is 11.2. The first-order valence-corrected chi connectivity index (χ1v) is 6.24. The monoisotopic (exact) mass is 265 g/mol. The lowest BCUT2D eigenvalue weighted by molar-refractivity contribution is 0.0601. The molecule has 2 rings (SSSR count). The lowest BCUT2D eigenvalue weighted by Gasteiger charge is -1.98. The number of esters is 1. The molecule has 0 saturated heterocycles. The Labute approximate surface area is 118 Å². The fraction of sp³-hybridized carbons (Fsp3) is 0.0588. The zero-order valence-electron chi connectivity index (χ0n) is 11.2. The molecule has 100 valence electrons. The number of allylic oxidation sites excluding steroid dienone is 1. The predicted octanol–water partition coefficient (Wildman–Crippen LogP) is 3.89. The molecule has 2 aromatic rings. The van der Waals surface area contributed by atoms with E-state index in [-0.39, 0.29) is 5.97 Å². The molecule has 0 aromatic heterocycles. The summed E-state index contributed by atoms with van der Waals surface area (Å²) in [5.41, 5.74) is 2.43. The van der Waals surface area contributed by atoms with Crippen LogP contribution in [0, 0.1) is 0 Å². The van der Waals surface area contributed by atoms with Crippen LogP contribution in [-0.4, -0.2) is 19.3 Å². The average molecular weight is 265 g/mol. The second-order valence-corrected chi connectivity index (χ2v) is 4.09. The van der Waals surface area contributed by atoms with E-state index in [4.69, 9.17) is 0 Å². The van der Waals surface area contributed by atoms with Gasteiger partial charge in [-0.1, -0.05) is 36.4 Å². The van der Waals surface area contributed by atoms with Crippen LogP contribution in [0.2, 0.25) is 0 Å². The van der Waals surface area contributed by atoms with Crippen molar-refractivity contribution in [2.24, 2.45) is 4.99 Å². The summed E-state index contributed by atoms with van der Waals surface area (Å²) in [6.07, 6.45) is 5.58. The molecule has 0 spiro atoms. The van der Waals surface area contributed by atoms with Crippen molar-refractivity contribution in [3.05, 3.63) is 71.8 Å². The van der Waals surface area contributed by atoms with E-state index in [9.17, 15) is 4.79 Å². The molecule has 0 amide bonds. The fourth-order valence-electron chi connectivity index (χ4n) is 1.65. The van der Waals surface area contributed by atoms with Gasteiger partial charge < -0.3 is 4.74 Å². The standard InChI is InChI=1S/C17H15NO2/c1-20-17(19)15-9-11-16(12-10-15)18-13-5-8-14-6-3-2-4-7-14/h2-13H,1H3/b8-5+,18-13?. The van der Waals surface area contributed by atoms with Gasteiger partial charge in [-0.15, -0.1) is 0 Å². The highest BCUT2D eigenvalue weighted by molar-refractivity contribution is 5.89. The van der Waals surface area contributed by atoms with Crippen LogP contribution < -0.4 is 0 Å². The Balaban J connectivity index is 1.98. The number of carbonyl (C=O) groups excluding carboxylic acids is 1. The van der Waals surface area contributed by atoms with Gasteiger partial charge in [0.2, 0.25) is 0 Å². The molecule has 0 aliphatic rings. The van der Waals surface area contributed by atoms with Crippen molar-refractivity contribution in [2.45, 2.75) is 0 Å². The van der Waals surface area contributed by atoms with E-state index >= 15 is 0 Å². The highest BCUT2D eigenvalue weighted by Gasteiger charge is 2.03. The van der Waals surface area contributed by atoms with E-state index in [0.717, 1.165) is 11.3 Å². The van der Waals surface area contributed by atoms with Crippen molar-refractivity contribution < 1.29 is 9.53 Å². The third-order valence-corrected chi connectivity index (χ3v) is 2.69. The van der Waals surface area contributed by atoms with Crippen molar-refractivity contribution in [2.75, 3.05) is 7.11 Å². The second kappa shape index (κ2) is 7.04. The molecule has 0 atom stereocenters. The number of aliphatic imine (C=N–C) groups is 1. The molecule has 0 N–H and O–H groups in total. The molecule has 20 heavy (non-hydrogen) atoms. The maximum atomic E-state index is 11.3. The van der Waals surface area contributed by atoms with Gasteiger partial charge in [0.05, 0.1) is 18.4 Å². The van der Waals surface area contributed by atoms with E-state index < -0.39 is 0 Å². The molecule has 2 aromatic carbocycles. The van der Waals surface area contributed by atoms with Gasteiger partial charge in [0.25, 0.3) is 0 Å².